The van der Waals surface area contributed by atoms with Crippen LogP contribution in [0, 0.1) is 6.92 Å². The normalized spacial score (nSPS) is 18.0. The van der Waals surface area contributed by atoms with Gasteiger partial charge in [-0.25, -0.2) is 0 Å². The number of hydrogen-bond acceptors (Lipinski definition) is 7. The molecule has 2 aromatic heterocycles. The second-order valence-electron chi connectivity index (χ2n) is 8.75. The molecule has 0 spiro atoms. The largest absolute Gasteiger partial charge is 0.494 e. The van der Waals surface area contributed by atoms with Gasteiger partial charge in [0.25, 0.3) is 5.91 Å². The van der Waals surface area contributed by atoms with Crippen LogP contribution in [0.5, 0.6) is 5.75 Å². The van der Waals surface area contributed by atoms with Crippen molar-refractivity contribution in [3.8, 4) is 5.75 Å². The monoisotopic (exact) mass is 449 g/mol. The van der Waals surface area contributed by atoms with Crippen LogP contribution in [0.15, 0.2) is 48.8 Å². The average molecular weight is 450 g/mol. The Labute approximate surface area is 194 Å². The van der Waals surface area contributed by atoms with Crippen LogP contribution in [0.25, 0.3) is 10.9 Å². The number of aromatic nitrogens is 2. The molecule has 1 saturated heterocycles. The summed E-state index contributed by atoms with van der Waals surface area (Å²) in [5, 5.41) is 12.3. The zero-order valence-corrected chi connectivity index (χ0v) is 19.2. The number of nitrogens with two attached hydrogens (primary N) is 1. The molecule has 1 atom stereocenters. The highest BCUT2D eigenvalue weighted by Gasteiger charge is 2.38. The molecule has 8 heteroatoms. The zero-order chi connectivity index (χ0) is 23.4. The van der Waals surface area contributed by atoms with Crippen molar-refractivity contribution in [3.05, 3.63) is 60.0 Å². The minimum absolute atomic E-state index is 0.134. The first-order valence-corrected chi connectivity index (χ1v) is 11.3. The highest BCUT2D eigenvalue weighted by Crippen LogP contribution is 2.32. The molecule has 3 N–H and O–H groups in total. The van der Waals surface area contributed by atoms with E-state index < -0.39 is 5.60 Å². The number of aryl methyl sites for hydroxylation is 1. The van der Waals surface area contributed by atoms with E-state index in [2.05, 4.69) is 14.9 Å². The van der Waals surface area contributed by atoms with E-state index in [0.717, 1.165) is 28.7 Å². The number of aliphatic hydroxyl groups is 1. The van der Waals surface area contributed by atoms with E-state index in [1.54, 1.807) is 42.4 Å². The van der Waals surface area contributed by atoms with Crippen molar-refractivity contribution in [3.63, 3.8) is 0 Å². The Morgan fingerprint density at radius 2 is 2.09 bits per heavy atom. The number of amides is 1. The number of pyridine rings is 2. The number of rotatable bonds is 8. The van der Waals surface area contributed by atoms with Crippen molar-refractivity contribution in [2.24, 2.45) is 5.73 Å². The molecular weight excluding hydrogens is 418 g/mol. The number of carbonyl (C=O) groups is 1. The van der Waals surface area contributed by atoms with Crippen molar-refractivity contribution in [1.82, 2.24) is 14.9 Å². The molecule has 33 heavy (non-hydrogen) atoms. The summed E-state index contributed by atoms with van der Waals surface area (Å²) in [4.78, 5) is 25.5. The van der Waals surface area contributed by atoms with Gasteiger partial charge >= 0.3 is 0 Å². The summed E-state index contributed by atoms with van der Waals surface area (Å²) in [7, 11) is 1.73. The number of nitrogens with zero attached hydrogens (tertiary/aromatic N) is 4. The lowest BCUT2D eigenvalue weighted by Crippen LogP contribution is -2.45. The minimum atomic E-state index is -0.999. The second kappa shape index (κ2) is 9.72. The number of likely N-dealkylation sites (N-methyl/N-ethyl adjacent to an activating group) is 1. The van der Waals surface area contributed by atoms with Gasteiger partial charge in [0.05, 0.1) is 18.7 Å². The Hall–Kier alpha value is -3.23. The molecule has 1 aliphatic rings. The molecule has 0 aliphatic carbocycles. The highest BCUT2D eigenvalue weighted by atomic mass is 16.5. The molecule has 174 valence electrons. The van der Waals surface area contributed by atoms with E-state index in [1.807, 2.05) is 25.3 Å². The summed E-state index contributed by atoms with van der Waals surface area (Å²) in [5.74, 6) is 0.576. The molecule has 1 aromatic carbocycles. The SMILES string of the molecule is Cc1cc(N2CC[C@](O)(CN(C)C(=O)c3ccc(OCCCN)cc3)C2)c2cnccc2n1. The summed E-state index contributed by atoms with van der Waals surface area (Å²) < 4.78 is 5.60. The highest BCUT2D eigenvalue weighted by molar-refractivity contribution is 5.94. The molecular formula is C25H31N5O3. The van der Waals surface area contributed by atoms with E-state index in [4.69, 9.17) is 10.5 Å². The number of ether oxygens (including phenoxy) is 1. The Bertz CT molecular complexity index is 1120. The Kier molecular flexibility index (Phi) is 6.76. The van der Waals surface area contributed by atoms with Gasteiger partial charge in [0.2, 0.25) is 0 Å². The topological polar surface area (TPSA) is 105 Å². The van der Waals surface area contributed by atoms with E-state index in [-0.39, 0.29) is 12.5 Å². The number of carbonyl (C=O) groups excluding carboxylic acids is 1. The van der Waals surface area contributed by atoms with Crippen LogP contribution < -0.4 is 15.4 Å². The minimum Gasteiger partial charge on any atom is -0.494 e. The van der Waals surface area contributed by atoms with Crippen LogP contribution in [0.2, 0.25) is 0 Å². The molecule has 0 bridgehead atoms. The zero-order valence-electron chi connectivity index (χ0n) is 19.2. The molecule has 1 aliphatic heterocycles. The lowest BCUT2D eigenvalue weighted by molar-refractivity contribution is 0.0264. The fourth-order valence-electron chi connectivity index (χ4n) is 4.33. The first-order valence-electron chi connectivity index (χ1n) is 11.3. The first-order chi connectivity index (χ1) is 15.9. The maximum Gasteiger partial charge on any atom is 0.253 e. The predicted molar refractivity (Wildman–Crippen MR) is 129 cm³/mol. The maximum absolute atomic E-state index is 12.9. The summed E-state index contributed by atoms with van der Waals surface area (Å²) in [6, 6.07) is 11.0. The molecule has 0 unspecified atom stereocenters. The van der Waals surface area contributed by atoms with Crippen molar-refractivity contribution in [2.75, 3.05) is 44.7 Å². The third-order valence-electron chi connectivity index (χ3n) is 5.99. The maximum atomic E-state index is 12.9. The number of anilines is 1. The van der Waals surface area contributed by atoms with Crippen LogP contribution in [0.3, 0.4) is 0 Å². The molecule has 8 nitrogen and oxygen atoms in total. The summed E-state index contributed by atoms with van der Waals surface area (Å²) in [6.45, 7) is 4.47. The number of β-amino-alcohol motifs (C(OH)–C–C–N with tert-alkyl or cyclic N) is 1. The van der Waals surface area contributed by atoms with Crippen molar-refractivity contribution in [1.29, 1.82) is 0 Å². The van der Waals surface area contributed by atoms with Gasteiger partial charge in [0.1, 0.15) is 11.4 Å². The standard InChI is InChI=1S/C25H31N5O3/c1-18-14-23(21-15-27-11-8-22(21)28-18)30-12-9-25(32,17-30)16-29(2)24(31)19-4-6-20(7-5-19)33-13-3-10-26/h4-8,11,14-15,32H,3,9-10,12-13,16-17,26H2,1-2H3/t25-/m0/s1. The van der Waals surface area contributed by atoms with Crippen molar-refractivity contribution < 1.29 is 14.6 Å². The van der Waals surface area contributed by atoms with Gasteiger partial charge < -0.3 is 25.4 Å². The van der Waals surface area contributed by atoms with Gasteiger partial charge in [0.15, 0.2) is 0 Å². The lowest BCUT2D eigenvalue weighted by Gasteiger charge is -2.29. The number of fused-ring (bicyclic) bond motifs is 1. The number of benzene rings is 1. The van der Waals surface area contributed by atoms with Crippen LogP contribution in [0.4, 0.5) is 5.69 Å². The van der Waals surface area contributed by atoms with Gasteiger partial charge in [-0.05, 0) is 62.7 Å². The Morgan fingerprint density at radius 3 is 2.85 bits per heavy atom. The summed E-state index contributed by atoms with van der Waals surface area (Å²) in [5.41, 5.74) is 7.86. The van der Waals surface area contributed by atoms with Gasteiger partial charge in [-0.3, -0.25) is 14.8 Å². The molecule has 0 radical (unpaired) electrons. The van der Waals surface area contributed by atoms with Gasteiger partial charge in [-0.2, -0.15) is 0 Å². The third kappa shape index (κ3) is 5.23. The second-order valence-corrected chi connectivity index (χ2v) is 8.75. The van der Waals surface area contributed by atoms with Gasteiger partial charge in [0, 0.05) is 54.9 Å². The third-order valence-corrected chi connectivity index (χ3v) is 5.99. The van der Waals surface area contributed by atoms with E-state index >= 15 is 0 Å². The molecule has 3 aromatic rings. The average Bonchev–Trinajstić information content (AvgIpc) is 3.20. The van der Waals surface area contributed by atoms with Crippen LogP contribution in [0.1, 0.15) is 28.9 Å². The molecule has 3 heterocycles. The van der Waals surface area contributed by atoms with Crippen molar-refractivity contribution in [2.45, 2.75) is 25.4 Å². The first kappa shape index (κ1) is 22.9. The quantitative estimate of drug-likeness (QED) is 0.509. The Morgan fingerprint density at radius 1 is 1.30 bits per heavy atom. The van der Waals surface area contributed by atoms with E-state index in [9.17, 15) is 9.90 Å². The molecule has 1 fully saturated rings. The van der Waals surface area contributed by atoms with Crippen LogP contribution in [-0.4, -0.2) is 71.3 Å². The predicted octanol–water partition coefficient (Wildman–Crippen LogP) is 2.38. The van der Waals surface area contributed by atoms with E-state index in [1.165, 1.54) is 0 Å². The van der Waals surface area contributed by atoms with Gasteiger partial charge in [-0.1, -0.05) is 0 Å². The molecule has 1 amide bonds. The van der Waals surface area contributed by atoms with Crippen LogP contribution >= 0.6 is 0 Å². The van der Waals surface area contributed by atoms with Crippen LogP contribution in [-0.2, 0) is 0 Å². The van der Waals surface area contributed by atoms with Crippen molar-refractivity contribution >= 4 is 22.5 Å². The van der Waals surface area contributed by atoms with Gasteiger partial charge in [-0.15, -0.1) is 0 Å². The smallest absolute Gasteiger partial charge is 0.253 e. The van der Waals surface area contributed by atoms with E-state index in [0.29, 0.717) is 44.0 Å². The molecule has 0 saturated carbocycles. The summed E-state index contributed by atoms with van der Waals surface area (Å²) >= 11 is 0. The Balaban J connectivity index is 1.42. The fraction of sp³-hybridized carbons (Fsp3) is 0.400. The summed E-state index contributed by atoms with van der Waals surface area (Å²) in [6.07, 6.45) is 4.90. The lowest BCUT2D eigenvalue weighted by atomic mass is 10.0. The fourth-order valence-corrected chi connectivity index (χ4v) is 4.33. The number of hydrogen-bond donors (Lipinski definition) is 2. The molecule has 4 rings (SSSR count).